The molecule has 0 bridgehead atoms. The van der Waals surface area contributed by atoms with Crippen molar-refractivity contribution in [3.05, 3.63) is 12.2 Å². The zero-order valence-electron chi connectivity index (χ0n) is 8.71. The quantitative estimate of drug-likeness (QED) is 0.345. The number of allylic oxidation sites excluding steroid dienone is 2. The van der Waals surface area contributed by atoms with E-state index in [2.05, 4.69) is 19.1 Å². The van der Waals surface area contributed by atoms with Gasteiger partial charge in [0.25, 0.3) is 0 Å². The third kappa shape index (κ3) is 9.12. The van der Waals surface area contributed by atoms with Gasteiger partial charge in [-0.05, 0) is 25.7 Å². The molecule has 0 saturated carbocycles. The van der Waals surface area contributed by atoms with Crippen LogP contribution in [0.2, 0.25) is 0 Å². The van der Waals surface area contributed by atoms with E-state index in [1.165, 1.54) is 0 Å². The number of carbonyl (C=O) groups excluding carboxylic acids is 1. The summed E-state index contributed by atoms with van der Waals surface area (Å²) in [6.45, 7) is 4.65. The summed E-state index contributed by atoms with van der Waals surface area (Å²) in [7, 11) is 0. The van der Waals surface area contributed by atoms with Gasteiger partial charge in [-0.3, -0.25) is 4.79 Å². The summed E-state index contributed by atoms with van der Waals surface area (Å²) in [6.07, 6.45) is 8.70. The number of esters is 1. The van der Waals surface area contributed by atoms with E-state index in [-0.39, 0.29) is 5.97 Å². The standard InChI is InChI=1S/C11H20O2/c1-3-5-6-7-8-10-13-11(12)9-4-2/h5-6H,3-4,7-10H2,1-2H3. The summed E-state index contributed by atoms with van der Waals surface area (Å²) < 4.78 is 4.99. The van der Waals surface area contributed by atoms with Gasteiger partial charge in [-0.25, -0.2) is 0 Å². The number of carbonyl (C=O) groups is 1. The summed E-state index contributed by atoms with van der Waals surface area (Å²) >= 11 is 0. The van der Waals surface area contributed by atoms with Crippen LogP contribution in [0.15, 0.2) is 12.2 Å². The lowest BCUT2D eigenvalue weighted by Gasteiger charge is -2.01. The van der Waals surface area contributed by atoms with Gasteiger partial charge in [-0.1, -0.05) is 26.0 Å². The van der Waals surface area contributed by atoms with E-state index < -0.39 is 0 Å². The molecule has 0 N–H and O–H groups in total. The molecular weight excluding hydrogens is 164 g/mol. The molecule has 2 heteroatoms. The highest BCUT2D eigenvalue weighted by molar-refractivity contribution is 5.69. The Morgan fingerprint density at radius 1 is 1.31 bits per heavy atom. The fourth-order valence-corrected chi connectivity index (χ4v) is 0.948. The predicted molar refractivity (Wildman–Crippen MR) is 54.5 cm³/mol. The second-order valence-electron chi connectivity index (χ2n) is 2.99. The predicted octanol–water partition coefficient (Wildman–Crippen LogP) is 3.08. The Hall–Kier alpha value is -0.790. The molecule has 0 aromatic heterocycles. The summed E-state index contributed by atoms with van der Waals surface area (Å²) in [4.78, 5) is 10.9. The summed E-state index contributed by atoms with van der Waals surface area (Å²) in [6, 6.07) is 0. The Morgan fingerprint density at radius 3 is 2.69 bits per heavy atom. The van der Waals surface area contributed by atoms with E-state index in [1.807, 2.05) is 6.92 Å². The second-order valence-corrected chi connectivity index (χ2v) is 2.99. The van der Waals surface area contributed by atoms with Crippen molar-refractivity contribution >= 4 is 5.97 Å². The van der Waals surface area contributed by atoms with Crippen LogP contribution in [-0.2, 0) is 9.53 Å². The van der Waals surface area contributed by atoms with E-state index in [0.29, 0.717) is 13.0 Å². The first kappa shape index (κ1) is 12.2. The minimum atomic E-state index is -0.0676. The fraction of sp³-hybridized carbons (Fsp3) is 0.727. The minimum absolute atomic E-state index is 0.0676. The van der Waals surface area contributed by atoms with Crippen molar-refractivity contribution in [1.82, 2.24) is 0 Å². The van der Waals surface area contributed by atoms with Crippen LogP contribution < -0.4 is 0 Å². The number of hydrogen-bond acceptors (Lipinski definition) is 2. The molecule has 0 aliphatic rings. The molecule has 0 heterocycles. The Morgan fingerprint density at radius 2 is 2.08 bits per heavy atom. The molecular formula is C11H20O2. The van der Waals surface area contributed by atoms with Crippen LogP contribution in [0.1, 0.15) is 46.0 Å². The lowest BCUT2D eigenvalue weighted by Crippen LogP contribution is -2.04. The van der Waals surface area contributed by atoms with Gasteiger partial charge in [-0.2, -0.15) is 0 Å². The molecule has 0 unspecified atom stereocenters. The topological polar surface area (TPSA) is 26.3 Å². The average molecular weight is 184 g/mol. The summed E-state index contributed by atoms with van der Waals surface area (Å²) in [5, 5.41) is 0. The van der Waals surface area contributed by atoms with Crippen LogP contribution >= 0.6 is 0 Å². The highest BCUT2D eigenvalue weighted by atomic mass is 16.5. The van der Waals surface area contributed by atoms with Crippen molar-refractivity contribution < 1.29 is 9.53 Å². The molecule has 0 aliphatic heterocycles. The van der Waals surface area contributed by atoms with E-state index in [0.717, 1.165) is 25.7 Å². The number of hydrogen-bond donors (Lipinski definition) is 0. The third-order valence-corrected chi connectivity index (χ3v) is 1.63. The zero-order valence-corrected chi connectivity index (χ0v) is 8.71. The molecule has 0 spiro atoms. The van der Waals surface area contributed by atoms with Crippen molar-refractivity contribution in [3.8, 4) is 0 Å². The fourth-order valence-electron chi connectivity index (χ4n) is 0.948. The highest BCUT2D eigenvalue weighted by Gasteiger charge is 1.98. The minimum Gasteiger partial charge on any atom is -0.466 e. The molecule has 13 heavy (non-hydrogen) atoms. The highest BCUT2D eigenvalue weighted by Crippen LogP contribution is 1.96. The zero-order chi connectivity index (χ0) is 9.94. The van der Waals surface area contributed by atoms with E-state index >= 15 is 0 Å². The SMILES string of the molecule is CCC=CCCCOC(=O)CCC. The van der Waals surface area contributed by atoms with Crippen molar-refractivity contribution in [2.45, 2.75) is 46.0 Å². The number of ether oxygens (including phenoxy) is 1. The molecule has 0 rings (SSSR count). The monoisotopic (exact) mass is 184 g/mol. The van der Waals surface area contributed by atoms with Gasteiger partial charge in [0, 0.05) is 6.42 Å². The molecule has 0 radical (unpaired) electrons. The lowest BCUT2D eigenvalue weighted by molar-refractivity contribution is -0.143. The van der Waals surface area contributed by atoms with Gasteiger partial charge in [0.1, 0.15) is 0 Å². The van der Waals surface area contributed by atoms with Crippen LogP contribution in [0.25, 0.3) is 0 Å². The Bertz CT molecular complexity index is 150. The molecule has 0 aromatic carbocycles. The van der Waals surface area contributed by atoms with E-state index in [4.69, 9.17) is 4.74 Å². The first-order chi connectivity index (χ1) is 6.31. The van der Waals surface area contributed by atoms with Gasteiger partial charge in [0.15, 0.2) is 0 Å². The number of rotatable bonds is 7. The smallest absolute Gasteiger partial charge is 0.305 e. The summed E-state index contributed by atoms with van der Waals surface area (Å²) in [5.74, 6) is -0.0676. The normalized spacial score (nSPS) is 10.6. The molecule has 0 fully saturated rings. The van der Waals surface area contributed by atoms with E-state index in [9.17, 15) is 4.79 Å². The third-order valence-electron chi connectivity index (χ3n) is 1.63. The Kier molecular flexibility index (Phi) is 8.73. The lowest BCUT2D eigenvalue weighted by atomic mass is 10.3. The van der Waals surface area contributed by atoms with Crippen LogP contribution in [0, 0.1) is 0 Å². The van der Waals surface area contributed by atoms with Gasteiger partial charge in [0.2, 0.25) is 0 Å². The van der Waals surface area contributed by atoms with Gasteiger partial charge < -0.3 is 4.74 Å². The molecule has 0 atom stereocenters. The van der Waals surface area contributed by atoms with Crippen LogP contribution in [0.5, 0.6) is 0 Å². The maximum atomic E-state index is 10.9. The Balaban J connectivity index is 3.15. The van der Waals surface area contributed by atoms with Crippen molar-refractivity contribution in [1.29, 1.82) is 0 Å². The van der Waals surface area contributed by atoms with Crippen molar-refractivity contribution in [3.63, 3.8) is 0 Å². The molecule has 0 aromatic rings. The van der Waals surface area contributed by atoms with Crippen LogP contribution in [0.3, 0.4) is 0 Å². The maximum absolute atomic E-state index is 10.9. The Labute approximate surface area is 81.0 Å². The largest absolute Gasteiger partial charge is 0.466 e. The van der Waals surface area contributed by atoms with Crippen molar-refractivity contribution in [2.24, 2.45) is 0 Å². The van der Waals surface area contributed by atoms with Crippen LogP contribution in [0.4, 0.5) is 0 Å². The molecule has 0 amide bonds. The second kappa shape index (κ2) is 9.30. The first-order valence-electron chi connectivity index (χ1n) is 5.11. The van der Waals surface area contributed by atoms with Crippen LogP contribution in [-0.4, -0.2) is 12.6 Å². The first-order valence-corrected chi connectivity index (χ1v) is 5.11. The van der Waals surface area contributed by atoms with Gasteiger partial charge >= 0.3 is 5.97 Å². The summed E-state index contributed by atoms with van der Waals surface area (Å²) in [5.41, 5.74) is 0. The van der Waals surface area contributed by atoms with Crippen molar-refractivity contribution in [2.75, 3.05) is 6.61 Å². The van der Waals surface area contributed by atoms with E-state index in [1.54, 1.807) is 0 Å². The number of unbranched alkanes of at least 4 members (excludes halogenated alkanes) is 1. The molecule has 0 aliphatic carbocycles. The van der Waals surface area contributed by atoms with Gasteiger partial charge in [-0.15, -0.1) is 0 Å². The molecule has 2 nitrogen and oxygen atoms in total. The molecule has 0 saturated heterocycles. The average Bonchev–Trinajstić information content (AvgIpc) is 2.11. The molecule has 76 valence electrons. The van der Waals surface area contributed by atoms with Gasteiger partial charge in [0.05, 0.1) is 6.61 Å². The maximum Gasteiger partial charge on any atom is 0.305 e.